The van der Waals surface area contributed by atoms with Crippen LogP contribution in [0.5, 0.6) is 0 Å². The molecule has 0 atom stereocenters. The number of anilines is 1. The lowest BCUT2D eigenvalue weighted by molar-refractivity contribution is -0.119. The summed E-state index contributed by atoms with van der Waals surface area (Å²) in [6.45, 7) is 4.74. The molecule has 1 aromatic carbocycles. The fraction of sp³-hybridized carbons (Fsp3) is 0.235. The van der Waals surface area contributed by atoms with Crippen molar-refractivity contribution in [3.8, 4) is 0 Å². The SMILES string of the molecule is Cc1cc(C)c(C(=O)OCC(=O)Nc2c(Cl)ccc(C)c2Cl)c(Cl)n1. The van der Waals surface area contributed by atoms with Gasteiger partial charge in [-0.15, -0.1) is 0 Å². The molecule has 132 valence electrons. The van der Waals surface area contributed by atoms with Crippen molar-refractivity contribution in [1.82, 2.24) is 4.98 Å². The van der Waals surface area contributed by atoms with E-state index in [9.17, 15) is 9.59 Å². The molecule has 0 fully saturated rings. The van der Waals surface area contributed by atoms with E-state index < -0.39 is 18.5 Å². The number of halogens is 3. The summed E-state index contributed by atoms with van der Waals surface area (Å²) < 4.78 is 5.01. The number of aryl methyl sites for hydroxylation is 3. The Labute approximate surface area is 160 Å². The highest BCUT2D eigenvalue weighted by molar-refractivity contribution is 6.40. The number of rotatable bonds is 4. The average Bonchev–Trinajstić information content (AvgIpc) is 2.52. The van der Waals surface area contributed by atoms with E-state index >= 15 is 0 Å². The van der Waals surface area contributed by atoms with Crippen molar-refractivity contribution in [2.75, 3.05) is 11.9 Å². The van der Waals surface area contributed by atoms with Gasteiger partial charge in [-0.05, 0) is 44.0 Å². The minimum Gasteiger partial charge on any atom is -0.452 e. The Morgan fingerprint density at radius 3 is 2.44 bits per heavy atom. The van der Waals surface area contributed by atoms with Crippen LogP contribution in [-0.4, -0.2) is 23.5 Å². The van der Waals surface area contributed by atoms with E-state index in [1.54, 1.807) is 39.0 Å². The molecule has 0 radical (unpaired) electrons. The van der Waals surface area contributed by atoms with Crippen molar-refractivity contribution in [3.63, 3.8) is 0 Å². The highest BCUT2D eigenvalue weighted by Gasteiger charge is 2.19. The van der Waals surface area contributed by atoms with Gasteiger partial charge in [0.25, 0.3) is 5.91 Å². The molecule has 1 heterocycles. The fourth-order valence-electron chi connectivity index (χ4n) is 2.19. The Morgan fingerprint density at radius 1 is 1.12 bits per heavy atom. The number of carbonyl (C=O) groups is 2. The number of aromatic nitrogens is 1. The summed E-state index contributed by atoms with van der Waals surface area (Å²) in [5, 5.41) is 3.19. The first-order chi connectivity index (χ1) is 11.7. The Morgan fingerprint density at radius 2 is 1.80 bits per heavy atom. The van der Waals surface area contributed by atoms with Gasteiger partial charge in [-0.25, -0.2) is 9.78 Å². The van der Waals surface area contributed by atoms with Crippen molar-refractivity contribution in [2.24, 2.45) is 0 Å². The Kier molecular flexibility index (Phi) is 6.27. The van der Waals surface area contributed by atoms with Crippen molar-refractivity contribution < 1.29 is 14.3 Å². The van der Waals surface area contributed by atoms with Gasteiger partial charge in [0.15, 0.2) is 6.61 Å². The highest BCUT2D eigenvalue weighted by Crippen LogP contribution is 2.32. The van der Waals surface area contributed by atoms with Crippen LogP contribution < -0.4 is 5.32 Å². The van der Waals surface area contributed by atoms with Crippen LogP contribution in [0, 0.1) is 20.8 Å². The topological polar surface area (TPSA) is 68.3 Å². The van der Waals surface area contributed by atoms with E-state index in [1.165, 1.54) is 0 Å². The molecule has 0 unspecified atom stereocenters. The maximum absolute atomic E-state index is 12.2. The molecule has 0 bridgehead atoms. The molecule has 0 aliphatic heterocycles. The van der Waals surface area contributed by atoms with Gasteiger partial charge in [-0.3, -0.25) is 4.79 Å². The maximum atomic E-state index is 12.2. The fourth-order valence-corrected chi connectivity index (χ4v) is 3.01. The second kappa shape index (κ2) is 8.04. The number of nitrogens with zero attached hydrogens (tertiary/aromatic N) is 1. The molecule has 0 saturated heterocycles. The quantitative estimate of drug-likeness (QED) is 0.592. The first kappa shape index (κ1) is 19.5. The predicted octanol–water partition coefficient (Wildman–Crippen LogP) is 4.76. The smallest absolute Gasteiger partial charge is 0.342 e. The summed E-state index contributed by atoms with van der Waals surface area (Å²) in [4.78, 5) is 28.2. The van der Waals surface area contributed by atoms with Gasteiger partial charge in [0, 0.05) is 5.69 Å². The maximum Gasteiger partial charge on any atom is 0.342 e. The lowest BCUT2D eigenvalue weighted by Gasteiger charge is -2.12. The largest absolute Gasteiger partial charge is 0.452 e. The number of hydrogen-bond donors (Lipinski definition) is 1. The van der Waals surface area contributed by atoms with E-state index in [-0.39, 0.29) is 21.4 Å². The van der Waals surface area contributed by atoms with Crippen LogP contribution in [0.15, 0.2) is 18.2 Å². The van der Waals surface area contributed by atoms with Crippen molar-refractivity contribution >= 4 is 52.4 Å². The molecule has 0 aliphatic carbocycles. The molecule has 8 heteroatoms. The Hall–Kier alpha value is -1.82. The highest BCUT2D eigenvalue weighted by atomic mass is 35.5. The first-order valence-corrected chi connectivity index (χ1v) is 8.39. The van der Waals surface area contributed by atoms with Crippen LogP contribution in [0.1, 0.15) is 27.2 Å². The third kappa shape index (κ3) is 4.63. The molecule has 0 spiro atoms. The molecular weight excluding hydrogens is 387 g/mol. The zero-order valence-electron chi connectivity index (χ0n) is 13.7. The van der Waals surface area contributed by atoms with E-state index in [0.717, 1.165) is 5.56 Å². The first-order valence-electron chi connectivity index (χ1n) is 7.26. The van der Waals surface area contributed by atoms with E-state index in [1.807, 2.05) is 0 Å². The van der Waals surface area contributed by atoms with Crippen LogP contribution >= 0.6 is 34.8 Å². The minimum atomic E-state index is -0.730. The molecule has 25 heavy (non-hydrogen) atoms. The number of esters is 1. The predicted molar refractivity (Wildman–Crippen MR) is 98.8 cm³/mol. The van der Waals surface area contributed by atoms with Gasteiger partial charge in [0.1, 0.15) is 5.15 Å². The van der Waals surface area contributed by atoms with Crippen LogP contribution in [0.2, 0.25) is 15.2 Å². The average molecular weight is 402 g/mol. The standard InChI is InChI=1S/C17H15Cl3N2O3/c1-8-4-5-11(18)15(14(8)19)22-12(23)7-25-17(24)13-9(2)6-10(3)21-16(13)20/h4-6H,7H2,1-3H3,(H,22,23). The van der Waals surface area contributed by atoms with Gasteiger partial charge in [-0.1, -0.05) is 40.9 Å². The van der Waals surface area contributed by atoms with Crippen LogP contribution in [0.4, 0.5) is 5.69 Å². The van der Waals surface area contributed by atoms with E-state index in [0.29, 0.717) is 16.3 Å². The number of nitrogens with one attached hydrogen (secondary N) is 1. The van der Waals surface area contributed by atoms with Crippen molar-refractivity contribution in [2.45, 2.75) is 20.8 Å². The lowest BCUT2D eigenvalue weighted by Crippen LogP contribution is -2.22. The van der Waals surface area contributed by atoms with Gasteiger partial charge >= 0.3 is 5.97 Å². The Bertz CT molecular complexity index is 830. The lowest BCUT2D eigenvalue weighted by atomic mass is 10.1. The van der Waals surface area contributed by atoms with E-state index in [4.69, 9.17) is 39.5 Å². The number of hydrogen-bond acceptors (Lipinski definition) is 4. The van der Waals surface area contributed by atoms with Gasteiger partial charge in [0.05, 0.1) is 21.3 Å². The van der Waals surface area contributed by atoms with Crippen molar-refractivity contribution in [1.29, 1.82) is 0 Å². The molecule has 1 N–H and O–H groups in total. The summed E-state index contributed by atoms with van der Waals surface area (Å²) >= 11 is 18.1. The Balaban J connectivity index is 2.06. The molecule has 0 aliphatic rings. The summed E-state index contributed by atoms with van der Waals surface area (Å²) in [5.41, 5.74) is 2.46. The molecule has 2 rings (SSSR count). The third-order valence-corrected chi connectivity index (χ3v) is 4.46. The number of carbonyl (C=O) groups excluding carboxylic acids is 2. The van der Waals surface area contributed by atoms with Crippen LogP contribution in [0.25, 0.3) is 0 Å². The second-order valence-electron chi connectivity index (χ2n) is 5.42. The zero-order chi connectivity index (χ0) is 18.7. The summed E-state index contributed by atoms with van der Waals surface area (Å²) in [5.74, 6) is -1.30. The van der Waals surface area contributed by atoms with Crippen LogP contribution in [-0.2, 0) is 9.53 Å². The minimum absolute atomic E-state index is 0.0349. The molecule has 0 saturated carbocycles. The summed E-state index contributed by atoms with van der Waals surface area (Å²) in [6.07, 6.45) is 0. The molecular formula is C17H15Cl3N2O3. The van der Waals surface area contributed by atoms with Crippen LogP contribution in [0.3, 0.4) is 0 Å². The molecule has 5 nitrogen and oxygen atoms in total. The number of pyridine rings is 1. The molecule has 2 aromatic rings. The second-order valence-corrected chi connectivity index (χ2v) is 6.57. The van der Waals surface area contributed by atoms with Crippen molar-refractivity contribution in [3.05, 3.63) is 55.8 Å². The van der Waals surface area contributed by atoms with Gasteiger partial charge in [0.2, 0.25) is 0 Å². The van der Waals surface area contributed by atoms with Gasteiger partial charge < -0.3 is 10.1 Å². The van der Waals surface area contributed by atoms with Gasteiger partial charge in [-0.2, -0.15) is 0 Å². The number of amides is 1. The molecule has 1 amide bonds. The summed E-state index contributed by atoms with van der Waals surface area (Å²) in [6, 6.07) is 5.05. The molecule has 1 aromatic heterocycles. The number of benzene rings is 1. The van der Waals surface area contributed by atoms with E-state index in [2.05, 4.69) is 10.3 Å². The normalized spacial score (nSPS) is 10.5. The zero-order valence-corrected chi connectivity index (χ0v) is 16.0. The number of ether oxygens (including phenoxy) is 1. The third-order valence-electron chi connectivity index (χ3n) is 3.39. The monoisotopic (exact) mass is 400 g/mol. The summed E-state index contributed by atoms with van der Waals surface area (Å²) in [7, 11) is 0.